The zero-order valence-corrected chi connectivity index (χ0v) is 9.66. The molecule has 2 aliphatic rings. The molecule has 4 nitrogen and oxygen atoms in total. The second-order valence-electron chi connectivity index (χ2n) is 4.50. The Hall–Kier alpha value is -1.80. The van der Waals surface area contributed by atoms with Crippen molar-refractivity contribution in [3.63, 3.8) is 0 Å². The van der Waals surface area contributed by atoms with Crippen LogP contribution < -0.4 is 9.47 Å². The topological polar surface area (TPSA) is 47.9 Å². The number of benzene rings is 1. The van der Waals surface area contributed by atoms with Crippen LogP contribution in [0.5, 0.6) is 11.5 Å². The maximum Gasteiger partial charge on any atom is 0.235 e. The summed E-state index contributed by atoms with van der Waals surface area (Å²) in [5.74, 6) is 1.57. The predicted octanol–water partition coefficient (Wildman–Crippen LogP) is 2.09. The summed E-state index contributed by atoms with van der Waals surface area (Å²) >= 11 is 0. The molecule has 1 aromatic rings. The molecule has 0 unspecified atom stereocenters. The molecule has 1 aromatic carbocycles. The van der Waals surface area contributed by atoms with Gasteiger partial charge in [-0.15, -0.1) is 0 Å². The van der Waals surface area contributed by atoms with Crippen molar-refractivity contribution in [2.75, 3.05) is 13.2 Å². The molecule has 0 spiro atoms. The van der Waals surface area contributed by atoms with Gasteiger partial charge in [0.2, 0.25) is 6.08 Å². The van der Waals surface area contributed by atoms with Crippen LogP contribution in [0.1, 0.15) is 24.0 Å². The second kappa shape index (κ2) is 3.60. The summed E-state index contributed by atoms with van der Waals surface area (Å²) < 4.78 is 11.2. The van der Waals surface area contributed by atoms with Crippen molar-refractivity contribution >= 4 is 6.08 Å². The van der Waals surface area contributed by atoms with Gasteiger partial charge >= 0.3 is 0 Å². The minimum atomic E-state index is -0.346. The van der Waals surface area contributed by atoms with E-state index in [1.165, 1.54) is 0 Å². The van der Waals surface area contributed by atoms with Crippen LogP contribution >= 0.6 is 0 Å². The molecule has 17 heavy (non-hydrogen) atoms. The van der Waals surface area contributed by atoms with E-state index >= 15 is 0 Å². The van der Waals surface area contributed by atoms with Gasteiger partial charge in [-0.05, 0) is 31.4 Å². The minimum absolute atomic E-state index is 0.346. The van der Waals surface area contributed by atoms with Crippen LogP contribution in [0.4, 0.5) is 0 Å². The molecular formula is C13H13NO3. The summed E-state index contributed by atoms with van der Waals surface area (Å²) in [5.41, 5.74) is 1.74. The molecule has 1 aliphatic heterocycles. The SMILES string of the molecule is Cc1c(C2(N=C=O)CC2)ccc2c1OCCO2. The van der Waals surface area contributed by atoms with Crippen molar-refractivity contribution in [2.45, 2.75) is 25.3 Å². The molecule has 0 saturated heterocycles. The Balaban J connectivity index is 2.10. The van der Waals surface area contributed by atoms with Gasteiger partial charge in [-0.3, -0.25) is 0 Å². The summed E-state index contributed by atoms with van der Waals surface area (Å²) in [6, 6.07) is 3.88. The quantitative estimate of drug-likeness (QED) is 0.578. The van der Waals surface area contributed by atoms with E-state index in [1.54, 1.807) is 6.08 Å². The zero-order valence-electron chi connectivity index (χ0n) is 9.66. The minimum Gasteiger partial charge on any atom is -0.486 e. The van der Waals surface area contributed by atoms with E-state index in [-0.39, 0.29) is 5.54 Å². The molecule has 1 saturated carbocycles. The van der Waals surface area contributed by atoms with Gasteiger partial charge in [-0.1, -0.05) is 6.07 Å². The third-order valence-corrected chi connectivity index (χ3v) is 3.44. The Morgan fingerprint density at radius 2 is 2.06 bits per heavy atom. The van der Waals surface area contributed by atoms with Crippen LogP contribution in [0.25, 0.3) is 0 Å². The molecule has 0 atom stereocenters. The number of hydrogen-bond acceptors (Lipinski definition) is 4. The highest BCUT2D eigenvalue weighted by atomic mass is 16.6. The Morgan fingerprint density at radius 1 is 1.29 bits per heavy atom. The van der Waals surface area contributed by atoms with Crippen molar-refractivity contribution in [3.8, 4) is 11.5 Å². The summed E-state index contributed by atoms with van der Waals surface area (Å²) in [7, 11) is 0. The molecule has 3 rings (SSSR count). The zero-order chi connectivity index (χ0) is 11.9. The van der Waals surface area contributed by atoms with E-state index in [2.05, 4.69) is 4.99 Å². The molecule has 4 heteroatoms. The van der Waals surface area contributed by atoms with E-state index in [1.807, 2.05) is 19.1 Å². The summed E-state index contributed by atoms with van der Waals surface area (Å²) in [4.78, 5) is 14.4. The van der Waals surface area contributed by atoms with Crippen LogP contribution in [-0.2, 0) is 10.3 Å². The van der Waals surface area contributed by atoms with Crippen LogP contribution in [0.3, 0.4) is 0 Å². The van der Waals surface area contributed by atoms with E-state index in [9.17, 15) is 4.79 Å². The number of hydrogen-bond donors (Lipinski definition) is 0. The Morgan fingerprint density at radius 3 is 2.76 bits per heavy atom. The first-order valence-electron chi connectivity index (χ1n) is 5.75. The Labute approximate surface area is 99.3 Å². The first kappa shape index (κ1) is 10.4. The maximum atomic E-state index is 10.5. The van der Waals surface area contributed by atoms with Crippen molar-refractivity contribution in [1.29, 1.82) is 0 Å². The lowest BCUT2D eigenvalue weighted by atomic mass is 9.98. The molecule has 1 aliphatic carbocycles. The molecule has 88 valence electrons. The molecule has 0 amide bonds. The highest BCUT2D eigenvalue weighted by Gasteiger charge is 2.46. The van der Waals surface area contributed by atoms with Crippen molar-refractivity contribution in [3.05, 3.63) is 23.3 Å². The van der Waals surface area contributed by atoms with Crippen molar-refractivity contribution in [2.24, 2.45) is 4.99 Å². The lowest BCUT2D eigenvalue weighted by molar-refractivity contribution is 0.170. The van der Waals surface area contributed by atoms with Crippen molar-refractivity contribution in [1.82, 2.24) is 0 Å². The molecular weight excluding hydrogens is 218 g/mol. The molecule has 1 heterocycles. The molecule has 0 N–H and O–H groups in total. The normalized spacial score (nSPS) is 19.4. The summed E-state index contributed by atoms with van der Waals surface area (Å²) in [6.45, 7) is 3.15. The van der Waals surface area contributed by atoms with Crippen LogP contribution in [-0.4, -0.2) is 19.3 Å². The third kappa shape index (κ3) is 1.53. The molecule has 1 fully saturated rings. The van der Waals surface area contributed by atoms with Gasteiger partial charge in [0.25, 0.3) is 0 Å². The number of isocyanates is 1. The monoisotopic (exact) mass is 231 g/mol. The fraction of sp³-hybridized carbons (Fsp3) is 0.462. The van der Waals surface area contributed by atoms with E-state index in [4.69, 9.17) is 9.47 Å². The summed E-state index contributed by atoms with van der Waals surface area (Å²) in [6.07, 6.45) is 3.49. The fourth-order valence-electron chi connectivity index (χ4n) is 2.41. The van der Waals surface area contributed by atoms with Crippen molar-refractivity contribution < 1.29 is 14.3 Å². The molecule has 0 bridgehead atoms. The Bertz CT molecular complexity index is 514. The smallest absolute Gasteiger partial charge is 0.235 e. The highest BCUT2D eigenvalue weighted by Crippen LogP contribution is 2.52. The number of ether oxygens (including phenoxy) is 2. The maximum absolute atomic E-state index is 10.5. The third-order valence-electron chi connectivity index (χ3n) is 3.44. The predicted molar refractivity (Wildman–Crippen MR) is 61.2 cm³/mol. The number of nitrogens with zero attached hydrogens (tertiary/aromatic N) is 1. The lowest BCUT2D eigenvalue weighted by Gasteiger charge is -2.23. The number of fused-ring (bicyclic) bond motifs is 1. The largest absolute Gasteiger partial charge is 0.486 e. The van der Waals surface area contributed by atoms with Crippen LogP contribution in [0.15, 0.2) is 17.1 Å². The molecule has 0 aromatic heterocycles. The van der Waals surface area contributed by atoms with Crippen LogP contribution in [0, 0.1) is 6.92 Å². The first-order chi connectivity index (χ1) is 8.27. The Kier molecular flexibility index (Phi) is 2.20. The van der Waals surface area contributed by atoms with Gasteiger partial charge in [0.15, 0.2) is 11.5 Å². The van der Waals surface area contributed by atoms with Gasteiger partial charge in [-0.25, -0.2) is 4.79 Å². The number of carbonyl (C=O) groups excluding carboxylic acids is 1. The van der Waals surface area contributed by atoms with Crippen LogP contribution in [0.2, 0.25) is 0 Å². The first-order valence-corrected chi connectivity index (χ1v) is 5.75. The van der Waals surface area contributed by atoms with E-state index < -0.39 is 0 Å². The van der Waals surface area contributed by atoms with Gasteiger partial charge in [0, 0.05) is 5.56 Å². The average molecular weight is 231 g/mol. The van der Waals surface area contributed by atoms with E-state index in [0.717, 1.165) is 35.5 Å². The standard InChI is InChI=1S/C13H13NO3/c1-9-10(13(4-5-13)14-8-15)2-3-11-12(9)17-7-6-16-11/h2-3H,4-7H2,1H3. The second-order valence-corrected chi connectivity index (χ2v) is 4.50. The highest BCUT2D eigenvalue weighted by molar-refractivity contribution is 5.55. The van der Waals surface area contributed by atoms with Gasteiger partial charge in [0.05, 0.1) is 5.54 Å². The van der Waals surface area contributed by atoms with Gasteiger partial charge in [0.1, 0.15) is 13.2 Å². The lowest BCUT2D eigenvalue weighted by Crippen LogP contribution is -2.17. The summed E-state index contributed by atoms with van der Waals surface area (Å²) in [5, 5.41) is 0. The number of aliphatic imine (C=N–C) groups is 1. The number of rotatable bonds is 2. The van der Waals surface area contributed by atoms with Gasteiger partial charge in [-0.2, -0.15) is 4.99 Å². The molecule has 0 radical (unpaired) electrons. The fourth-order valence-corrected chi connectivity index (χ4v) is 2.41. The average Bonchev–Trinajstić information content (AvgIpc) is 3.11. The van der Waals surface area contributed by atoms with E-state index in [0.29, 0.717) is 13.2 Å². The van der Waals surface area contributed by atoms with Gasteiger partial charge < -0.3 is 9.47 Å².